The van der Waals surface area contributed by atoms with Crippen molar-refractivity contribution in [1.29, 1.82) is 5.26 Å². The molecule has 0 bridgehead atoms. The first kappa shape index (κ1) is 19.5. The number of sulfonamides is 1. The topological polar surface area (TPSA) is 89.3 Å². The minimum absolute atomic E-state index is 0.0621. The summed E-state index contributed by atoms with van der Waals surface area (Å²) in [6.07, 6.45) is 3.69. The quantitative estimate of drug-likeness (QED) is 0.738. The van der Waals surface area contributed by atoms with E-state index in [4.69, 9.17) is 11.6 Å². The van der Waals surface area contributed by atoms with Gasteiger partial charge in [-0.05, 0) is 42.6 Å². The van der Waals surface area contributed by atoms with Crippen LogP contribution in [0, 0.1) is 11.3 Å². The number of benzene rings is 1. The van der Waals surface area contributed by atoms with Crippen molar-refractivity contribution in [2.45, 2.75) is 12.5 Å². The van der Waals surface area contributed by atoms with Gasteiger partial charge in [-0.2, -0.15) is 5.26 Å². The van der Waals surface area contributed by atoms with E-state index >= 15 is 0 Å². The zero-order chi connectivity index (χ0) is 19.9. The third-order valence-electron chi connectivity index (χ3n) is 4.91. The van der Waals surface area contributed by atoms with Crippen LogP contribution < -0.4 is 5.32 Å². The van der Waals surface area contributed by atoms with Gasteiger partial charge < -0.3 is 5.32 Å². The molecule has 3 heterocycles. The van der Waals surface area contributed by atoms with Gasteiger partial charge in [-0.3, -0.25) is 4.98 Å². The van der Waals surface area contributed by atoms with Crippen molar-refractivity contribution >= 4 is 50.2 Å². The van der Waals surface area contributed by atoms with Crippen molar-refractivity contribution in [3.05, 3.63) is 46.1 Å². The molecule has 0 saturated carbocycles. The molecular weight excluding hydrogens is 418 g/mol. The maximum Gasteiger partial charge on any atom is 0.211 e. The fourth-order valence-corrected chi connectivity index (χ4v) is 5.64. The molecule has 0 amide bonds. The van der Waals surface area contributed by atoms with Gasteiger partial charge in [0.1, 0.15) is 5.03 Å². The monoisotopic (exact) mass is 435 g/mol. The van der Waals surface area contributed by atoms with Crippen LogP contribution in [0.2, 0.25) is 5.02 Å². The van der Waals surface area contributed by atoms with Crippen LogP contribution in [0.5, 0.6) is 0 Å². The summed E-state index contributed by atoms with van der Waals surface area (Å²) in [6.45, 7) is 1.41. The smallest absolute Gasteiger partial charge is 0.211 e. The maximum absolute atomic E-state index is 11.8. The zero-order valence-electron chi connectivity index (χ0n) is 15.1. The fraction of sp³-hybridized carbons (Fsp3) is 0.333. The highest BCUT2D eigenvalue weighted by molar-refractivity contribution is 8.01. The molecule has 1 aromatic heterocycles. The average Bonchev–Trinajstić information content (AvgIpc) is 3.30. The Morgan fingerprint density at radius 3 is 2.93 bits per heavy atom. The number of nitriles is 1. The van der Waals surface area contributed by atoms with Crippen LogP contribution in [0.3, 0.4) is 0 Å². The van der Waals surface area contributed by atoms with E-state index in [0.29, 0.717) is 35.9 Å². The van der Waals surface area contributed by atoms with Gasteiger partial charge in [0.05, 0.1) is 34.1 Å². The molecule has 28 heavy (non-hydrogen) atoms. The lowest BCUT2D eigenvalue weighted by Crippen LogP contribution is -2.34. The minimum Gasteiger partial charge on any atom is -0.347 e. The second-order valence-corrected chi connectivity index (χ2v) is 10.2. The van der Waals surface area contributed by atoms with E-state index in [1.54, 1.807) is 12.3 Å². The largest absolute Gasteiger partial charge is 0.347 e. The number of anilines is 1. The number of rotatable bonds is 4. The molecule has 2 aliphatic rings. The number of hydrogen-bond donors (Lipinski definition) is 1. The molecule has 0 spiro atoms. The SMILES string of the molecule is CS(=O)(=O)N1CC[C@H](N2CC(C#N)=C(Nc3c(Cl)ccc4ncccc34)S2)C1. The lowest BCUT2D eigenvalue weighted by Gasteiger charge is -2.22. The van der Waals surface area contributed by atoms with E-state index in [9.17, 15) is 13.7 Å². The van der Waals surface area contributed by atoms with Gasteiger partial charge in [0, 0.05) is 37.3 Å². The Bertz CT molecular complexity index is 1110. The van der Waals surface area contributed by atoms with Crippen molar-refractivity contribution in [2.24, 2.45) is 0 Å². The van der Waals surface area contributed by atoms with Crippen molar-refractivity contribution in [3.63, 3.8) is 0 Å². The lowest BCUT2D eigenvalue weighted by atomic mass is 10.2. The van der Waals surface area contributed by atoms with Crippen LogP contribution in [-0.2, 0) is 10.0 Å². The number of aromatic nitrogens is 1. The Balaban J connectivity index is 1.56. The molecule has 10 heteroatoms. The minimum atomic E-state index is -3.20. The first-order valence-electron chi connectivity index (χ1n) is 8.70. The van der Waals surface area contributed by atoms with Crippen LogP contribution in [0.25, 0.3) is 10.9 Å². The summed E-state index contributed by atoms with van der Waals surface area (Å²) in [5, 5.41) is 15.1. The molecule has 0 radical (unpaired) electrons. The average molecular weight is 436 g/mol. The molecule has 1 saturated heterocycles. The van der Waals surface area contributed by atoms with E-state index < -0.39 is 10.0 Å². The molecule has 4 rings (SSSR count). The van der Waals surface area contributed by atoms with E-state index in [1.807, 2.05) is 18.2 Å². The standard InChI is InChI=1S/C18H18ClN5O2S2/c1-28(25,26)23-8-6-13(11-23)24-10-12(9-20)18(27-24)22-17-14-3-2-7-21-16(14)5-4-15(17)19/h2-5,7,13,22H,6,8,10-11H2,1H3/t13-/m0/s1. The summed E-state index contributed by atoms with van der Waals surface area (Å²) in [5.74, 6) is 0. The van der Waals surface area contributed by atoms with Crippen LogP contribution in [0.15, 0.2) is 41.1 Å². The van der Waals surface area contributed by atoms with Crippen LogP contribution >= 0.6 is 23.5 Å². The molecule has 1 atom stereocenters. The maximum atomic E-state index is 11.8. The van der Waals surface area contributed by atoms with E-state index in [0.717, 1.165) is 22.4 Å². The van der Waals surface area contributed by atoms with Gasteiger partial charge in [0.25, 0.3) is 0 Å². The Morgan fingerprint density at radius 2 is 2.21 bits per heavy atom. The van der Waals surface area contributed by atoms with Crippen LogP contribution in [0.4, 0.5) is 5.69 Å². The molecule has 1 fully saturated rings. The Morgan fingerprint density at radius 1 is 1.39 bits per heavy atom. The Kier molecular flexibility index (Phi) is 5.24. The van der Waals surface area contributed by atoms with Gasteiger partial charge in [0.2, 0.25) is 10.0 Å². The van der Waals surface area contributed by atoms with Gasteiger partial charge in [-0.15, -0.1) is 0 Å². The molecule has 146 valence electrons. The molecule has 7 nitrogen and oxygen atoms in total. The highest BCUT2D eigenvalue weighted by Crippen LogP contribution is 2.40. The molecule has 1 N–H and O–H groups in total. The zero-order valence-corrected chi connectivity index (χ0v) is 17.5. The van der Waals surface area contributed by atoms with Gasteiger partial charge >= 0.3 is 0 Å². The second kappa shape index (κ2) is 7.54. The highest BCUT2D eigenvalue weighted by atomic mass is 35.5. The molecular formula is C18H18ClN5O2S2. The molecule has 1 aromatic carbocycles. The van der Waals surface area contributed by atoms with Crippen molar-refractivity contribution in [2.75, 3.05) is 31.2 Å². The van der Waals surface area contributed by atoms with Gasteiger partial charge in [0.15, 0.2) is 0 Å². The number of nitrogens with one attached hydrogen (secondary N) is 1. The van der Waals surface area contributed by atoms with Crippen molar-refractivity contribution in [3.8, 4) is 6.07 Å². The van der Waals surface area contributed by atoms with E-state index in [2.05, 4.69) is 20.7 Å². The first-order valence-corrected chi connectivity index (χ1v) is 11.7. The summed E-state index contributed by atoms with van der Waals surface area (Å²) in [7, 11) is -3.20. The summed E-state index contributed by atoms with van der Waals surface area (Å²) in [4.78, 5) is 4.35. The number of fused-ring (bicyclic) bond motifs is 1. The third-order valence-corrected chi connectivity index (χ3v) is 7.68. The first-order chi connectivity index (χ1) is 13.4. The highest BCUT2D eigenvalue weighted by Gasteiger charge is 2.36. The Labute approximate surface area is 173 Å². The summed E-state index contributed by atoms with van der Waals surface area (Å²) in [5.41, 5.74) is 2.14. The molecule has 2 aromatic rings. The number of nitrogens with zero attached hydrogens (tertiary/aromatic N) is 4. The lowest BCUT2D eigenvalue weighted by molar-refractivity contribution is 0.385. The number of pyridine rings is 1. The molecule has 2 aliphatic heterocycles. The second-order valence-electron chi connectivity index (χ2n) is 6.77. The van der Waals surface area contributed by atoms with E-state index in [1.165, 1.54) is 22.5 Å². The van der Waals surface area contributed by atoms with Crippen molar-refractivity contribution in [1.82, 2.24) is 13.6 Å². The number of hydrogen-bond acceptors (Lipinski definition) is 7. The summed E-state index contributed by atoms with van der Waals surface area (Å²) >= 11 is 7.86. The predicted molar refractivity (Wildman–Crippen MR) is 112 cm³/mol. The number of halogens is 1. The third kappa shape index (κ3) is 3.71. The van der Waals surface area contributed by atoms with E-state index in [-0.39, 0.29) is 6.04 Å². The van der Waals surface area contributed by atoms with Gasteiger partial charge in [-0.25, -0.2) is 17.0 Å². The van der Waals surface area contributed by atoms with Crippen molar-refractivity contribution < 1.29 is 8.42 Å². The predicted octanol–water partition coefficient (Wildman–Crippen LogP) is 3.03. The van der Waals surface area contributed by atoms with Crippen LogP contribution in [-0.4, -0.2) is 53.9 Å². The summed E-state index contributed by atoms with van der Waals surface area (Å²) < 4.78 is 27.1. The summed E-state index contributed by atoms with van der Waals surface area (Å²) in [6, 6.07) is 9.74. The molecule has 0 aliphatic carbocycles. The van der Waals surface area contributed by atoms with Gasteiger partial charge in [-0.1, -0.05) is 11.6 Å². The normalized spacial score (nSPS) is 21.4. The fourth-order valence-electron chi connectivity index (χ4n) is 3.43. The van der Waals surface area contributed by atoms with Crippen LogP contribution in [0.1, 0.15) is 6.42 Å². The Hall–Kier alpha value is -1.83. The molecule has 0 unspecified atom stereocenters.